The first kappa shape index (κ1) is 21.9. The van der Waals surface area contributed by atoms with Crippen molar-refractivity contribution in [2.24, 2.45) is 0 Å². The number of alkyl halides is 3. The molecule has 1 atom stereocenters. The van der Waals surface area contributed by atoms with E-state index < -0.39 is 18.9 Å². The minimum absolute atomic E-state index is 0.189. The van der Waals surface area contributed by atoms with Crippen LogP contribution in [0.2, 0.25) is 5.02 Å². The zero-order chi connectivity index (χ0) is 22.9. The van der Waals surface area contributed by atoms with Crippen molar-refractivity contribution < 1.29 is 23.0 Å². The average Bonchev–Trinajstić information content (AvgIpc) is 2.78. The average molecular weight is 463 g/mol. The molecule has 0 fully saturated rings. The van der Waals surface area contributed by atoms with Gasteiger partial charge in [-0.05, 0) is 42.0 Å². The summed E-state index contributed by atoms with van der Waals surface area (Å²) >= 11 is 6.01. The van der Waals surface area contributed by atoms with E-state index in [1.807, 2.05) is 0 Å². The summed E-state index contributed by atoms with van der Waals surface area (Å²) in [6.45, 7) is -1.27. The van der Waals surface area contributed by atoms with Crippen LogP contribution in [0.25, 0.3) is 11.8 Å². The van der Waals surface area contributed by atoms with Crippen molar-refractivity contribution in [1.82, 2.24) is 9.97 Å². The van der Waals surface area contributed by atoms with Gasteiger partial charge in [-0.1, -0.05) is 23.7 Å². The smallest absolute Gasteiger partial charge is 0.405 e. The van der Waals surface area contributed by atoms with Gasteiger partial charge in [-0.25, -0.2) is 9.97 Å². The molecule has 1 aliphatic heterocycles. The Labute approximate surface area is 186 Å². The Kier molecular flexibility index (Phi) is 5.94. The Balaban J connectivity index is 1.86. The molecule has 0 aliphatic carbocycles. The summed E-state index contributed by atoms with van der Waals surface area (Å²) in [5.74, 6) is 0.470. The molecule has 2 aromatic carbocycles. The summed E-state index contributed by atoms with van der Waals surface area (Å²) in [7, 11) is 1.56. The van der Waals surface area contributed by atoms with Gasteiger partial charge in [-0.15, -0.1) is 0 Å². The number of aromatic nitrogens is 2. The number of fused-ring (bicyclic) bond motifs is 1. The summed E-state index contributed by atoms with van der Waals surface area (Å²) in [6.07, 6.45) is -2.52. The van der Waals surface area contributed by atoms with Crippen molar-refractivity contribution in [3.8, 4) is 5.75 Å². The molecule has 1 unspecified atom stereocenters. The van der Waals surface area contributed by atoms with Crippen LogP contribution >= 0.6 is 11.6 Å². The Bertz CT molecular complexity index is 1230. The molecule has 6 nitrogen and oxygen atoms in total. The fourth-order valence-electron chi connectivity index (χ4n) is 3.33. The standard InChI is InChI=1S/C22H18ClF3N4O2/c1-32-17-8-6-16(7-9-17)30-11-14-10-27-21(28-12-22(24,25)26)29-19(14)18(20(30)31)13-2-4-15(23)5-3-13/h2-11,20,31H,12H2,1H3,(H,28,29). The number of halogens is 4. The summed E-state index contributed by atoms with van der Waals surface area (Å²) in [5, 5.41) is 14.8. The second-order valence-electron chi connectivity index (χ2n) is 6.99. The number of aliphatic hydroxyl groups is 1. The Morgan fingerprint density at radius 3 is 2.44 bits per heavy atom. The molecule has 32 heavy (non-hydrogen) atoms. The number of ether oxygens (including phenoxy) is 1. The highest BCUT2D eigenvalue weighted by atomic mass is 35.5. The molecule has 0 spiro atoms. The minimum Gasteiger partial charge on any atom is -0.497 e. The molecule has 1 aliphatic rings. The van der Waals surface area contributed by atoms with Crippen molar-refractivity contribution in [1.29, 1.82) is 0 Å². The summed E-state index contributed by atoms with van der Waals surface area (Å²) < 4.78 is 43.0. The molecule has 0 saturated heterocycles. The van der Waals surface area contributed by atoms with Crippen LogP contribution < -0.4 is 25.5 Å². The van der Waals surface area contributed by atoms with E-state index in [2.05, 4.69) is 15.3 Å². The number of nitrogens with one attached hydrogen (secondary N) is 1. The molecule has 0 bridgehead atoms. The lowest BCUT2D eigenvalue weighted by molar-refractivity contribution is -0.115. The van der Waals surface area contributed by atoms with Crippen LogP contribution in [0.3, 0.4) is 0 Å². The van der Waals surface area contributed by atoms with E-state index in [0.29, 0.717) is 38.2 Å². The van der Waals surface area contributed by atoms with Crippen molar-refractivity contribution in [2.75, 3.05) is 23.9 Å². The maximum absolute atomic E-state index is 12.6. The van der Waals surface area contributed by atoms with Crippen molar-refractivity contribution in [2.45, 2.75) is 12.4 Å². The number of hydrogen-bond donors (Lipinski definition) is 2. The van der Waals surface area contributed by atoms with Gasteiger partial charge >= 0.3 is 6.18 Å². The van der Waals surface area contributed by atoms with E-state index in [9.17, 15) is 18.3 Å². The third kappa shape index (κ3) is 4.63. The fourth-order valence-corrected chi connectivity index (χ4v) is 3.46. The number of anilines is 2. The van der Waals surface area contributed by atoms with E-state index in [1.165, 1.54) is 6.20 Å². The first-order valence-corrected chi connectivity index (χ1v) is 9.89. The quantitative estimate of drug-likeness (QED) is 0.607. The van der Waals surface area contributed by atoms with Crippen molar-refractivity contribution in [3.63, 3.8) is 0 Å². The van der Waals surface area contributed by atoms with Gasteiger partial charge in [0.1, 0.15) is 12.3 Å². The van der Waals surface area contributed by atoms with E-state index in [0.717, 1.165) is 0 Å². The van der Waals surface area contributed by atoms with Crippen molar-refractivity contribution >= 4 is 35.0 Å². The van der Waals surface area contributed by atoms with Gasteiger partial charge in [0.05, 0.1) is 12.5 Å². The van der Waals surface area contributed by atoms with Crippen LogP contribution in [0.1, 0.15) is 5.56 Å². The van der Waals surface area contributed by atoms with E-state index in [4.69, 9.17) is 16.3 Å². The topological polar surface area (TPSA) is 70.5 Å². The monoisotopic (exact) mass is 462 g/mol. The number of methoxy groups -OCH3 is 1. The zero-order valence-corrected chi connectivity index (χ0v) is 17.5. The first-order chi connectivity index (χ1) is 15.2. The molecule has 2 heterocycles. The Morgan fingerprint density at radius 2 is 1.81 bits per heavy atom. The van der Waals surface area contributed by atoms with Gasteiger partial charge in [-0.2, -0.15) is 13.2 Å². The number of nitrogens with zero attached hydrogens (tertiary/aromatic N) is 3. The lowest BCUT2D eigenvalue weighted by Gasteiger charge is -2.31. The zero-order valence-electron chi connectivity index (χ0n) is 16.8. The lowest BCUT2D eigenvalue weighted by Crippen LogP contribution is -2.47. The predicted molar refractivity (Wildman–Crippen MR) is 116 cm³/mol. The molecule has 3 aromatic rings. The highest BCUT2D eigenvalue weighted by molar-refractivity contribution is 6.30. The SMILES string of the molecule is COc1ccc(N2C=c3cnc(NCC(F)(F)F)nc3=C(c3ccc(Cl)cc3)C2O)cc1. The molecular formula is C22H18ClF3N4O2. The third-order valence-electron chi connectivity index (χ3n) is 4.84. The van der Waals surface area contributed by atoms with Crippen LogP contribution in [0, 0.1) is 0 Å². The highest BCUT2D eigenvalue weighted by Gasteiger charge is 2.28. The molecule has 0 saturated carbocycles. The first-order valence-electron chi connectivity index (χ1n) is 9.51. The molecule has 1 aromatic heterocycles. The van der Waals surface area contributed by atoms with Gasteiger partial charge in [0.2, 0.25) is 5.95 Å². The van der Waals surface area contributed by atoms with Crippen LogP contribution in [0.4, 0.5) is 24.8 Å². The molecule has 0 radical (unpaired) electrons. The maximum Gasteiger partial charge on any atom is 0.405 e. The second kappa shape index (κ2) is 8.68. The molecule has 10 heteroatoms. The molecule has 4 rings (SSSR count). The summed E-state index contributed by atoms with van der Waals surface area (Å²) in [6, 6.07) is 13.8. The number of aliphatic hydroxyl groups excluding tert-OH is 1. The molecule has 2 N–H and O–H groups in total. The predicted octanol–water partition coefficient (Wildman–Crippen LogP) is 2.89. The maximum atomic E-state index is 12.6. The highest BCUT2D eigenvalue weighted by Crippen LogP contribution is 2.28. The van der Waals surface area contributed by atoms with Gasteiger partial charge in [0.25, 0.3) is 0 Å². The lowest BCUT2D eigenvalue weighted by atomic mass is 10.00. The largest absolute Gasteiger partial charge is 0.497 e. The van der Waals surface area contributed by atoms with Gasteiger partial charge in [0, 0.05) is 33.9 Å². The van der Waals surface area contributed by atoms with Crippen LogP contribution in [0.5, 0.6) is 5.75 Å². The summed E-state index contributed by atoms with van der Waals surface area (Å²) in [5.41, 5.74) is 1.71. The van der Waals surface area contributed by atoms with E-state index >= 15 is 0 Å². The van der Waals surface area contributed by atoms with E-state index in [-0.39, 0.29) is 5.95 Å². The molecule has 0 amide bonds. The third-order valence-corrected chi connectivity index (χ3v) is 5.10. The number of hydrogen-bond acceptors (Lipinski definition) is 6. The van der Waals surface area contributed by atoms with Crippen molar-refractivity contribution in [3.05, 3.63) is 75.9 Å². The second-order valence-corrected chi connectivity index (χ2v) is 7.43. The Morgan fingerprint density at radius 1 is 1.12 bits per heavy atom. The molecule has 166 valence electrons. The minimum atomic E-state index is -4.42. The van der Waals surface area contributed by atoms with Crippen LogP contribution in [-0.4, -0.2) is 41.1 Å². The summed E-state index contributed by atoms with van der Waals surface area (Å²) in [4.78, 5) is 9.90. The fraction of sp³-hybridized carbons (Fsp3) is 0.182. The number of benzene rings is 2. The Hall–Kier alpha value is -3.30. The number of rotatable bonds is 5. The van der Waals surface area contributed by atoms with Gasteiger partial charge < -0.3 is 20.1 Å². The molecular weight excluding hydrogens is 445 g/mol. The van der Waals surface area contributed by atoms with Crippen LogP contribution in [-0.2, 0) is 0 Å². The van der Waals surface area contributed by atoms with Crippen LogP contribution in [0.15, 0.2) is 54.7 Å². The van der Waals surface area contributed by atoms with Gasteiger partial charge in [-0.3, -0.25) is 0 Å². The van der Waals surface area contributed by atoms with Gasteiger partial charge in [0.15, 0.2) is 6.23 Å². The normalized spacial score (nSPS) is 15.8. The van der Waals surface area contributed by atoms with E-state index in [1.54, 1.807) is 66.7 Å².